The Morgan fingerprint density at radius 3 is 2.57 bits per heavy atom. The first-order valence-electron chi connectivity index (χ1n) is 10.8. The first-order valence-corrected chi connectivity index (χ1v) is 10.8. The number of fused-ring (bicyclic) bond motifs is 2. The number of aromatic nitrogens is 1. The van der Waals surface area contributed by atoms with E-state index in [1.165, 1.54) is 67.4 Å². The molecule has 2 heterocycles. The molecule has 1 atom stereocenters. The number of piperidine rings is 1. The molecule has 1 saturated heterocycles. The lowest BCUT2D eigenvalue weighted by atomic mass is 9.89. The summed E-state index contributed by atoms with van der Waals surface area (Å²) in [6.45, 7) is 2.43. The van der Waals surface area contributed by atoms with Crippen LogP contribution in [0.5, 0.6) is 11.5 Å². The Bertz CT molecular complexity index is 878. The fourth-order valence-corrected chi connectivity index (χ4v) is 5.17. The standard InChI is InChI=1S/C23H31N3O2/c1-27-21-12-18-20(13-22(21)28-2)25-19-10-4-9-17(19)23(18)24-15-6-5-11-26(14-15)16-7-3-8-16/h12-13,15-16H,3-11,14H2,1-2H3,(H,24,25)/t15-/m1/s1. The van der Waals surface area contributed by atoms with Crippen molar-refractivity contribution in [1.82, 2.24) is 9.88 Å². The number of hydrogen-bond donors (Lipinski definition) is 1. The van der Waals surface area contributed by atoms with Gasteiger partial charge in [-0.2, -0.15) is 0 Å². The number of likely N-dealkylation sites (tertiary alicyclic amines) is 1. The summed E-state index contributed by atoms with van der Waals surface area (Å²) in [6.07, 6.45) is 10.1. The third-order valence-electron chi connectivity index (χ3n) is 6.91. The van der Waals surface area contributed by atoms with Crippen molar-refractivity contribution in [3.63, 3.8) is 0 Å². The summed E-state index contributed by atoms with van der Waals surface area (Å²) in [6, 6.07) is 5.47. The molecule has 0 unspecified atom stereocenters. The van der Waals surface area contributed by atoms with Crippen LogP contribution in [0.2, 0.25) is 0 Å². The fourth-order valence-electron chi connectivity index (χ4n) is 5.17. The van der Waals surface area contributed by atoms with Gasteiger partial charge in [0.25, 0.3) is 0 Å². The number of nitrogens with one attached hydrogen (secondary N) is 1. The van der Waals surface area contributed by atoms with Crippen molar-refractivity contribution in [3.05, 3.63) is 23.4 Å². The highest BCUT2D eigenvalue weighted by molar-refractivity contribution is 5.96. The maximum absolute atomic E-state index is 5.59. The molecular formula is C23H31N3O2. The number of ether oxygens (including phenoxy) is 2. The zero-order valence-corrected chi connectivity index (χ0v) is 17.1. The van der Waals surface area contributed by atoms with Crippen molar-refractivity contribution in [2.24, 2.45) is 0 Å². The lowest BCUT2D eigenvalue weighted by Gasteiger charge is -2.43. The third-order valence-corrected chi connectivity index (χ3v) is 6.91. The average Bonchev–Trinajstić information content (AvgIpc) is 3.14. The Kier molecular flexibility index (Phi) is 4.79. The molecule has 0 bridgehead atoms. The van der Waals surface area contributed by atoms with Gasteiger partial charge >= 0.3 is 0 Å². The smallest absolute Gasteiger partial charge is 0.162 e. The Morgan fingerprint density at radius 1 is 1.00 bits per heavy atom. The minimum absolute atomic E-state index is 0.512. The van der Waals surface area contributed by atoms with Gasteiger partial charge in [-0.15, -0.1) is 0 Å². The predicted molar refractivity (Wildman–Crippen MR) is 113 cm³/mol. The number of benzene rings is 1. The van der Waals surface area contributed by atoms with Gasteiger partial charge in [0.15, 0.2) is 11.5 Å². The summed E-state index contributed by atoms with van der Waals surface area (Å²) >= 11 is 0. The topological polar surface area (TPSA) is 46.6 Å². The molecule has 0 radical (unpaired) electrons. The van der Waals surface area contributed by atoms with Crippen LogP contribution in [0.4, 0.5) is 5.69 Å². The van der Waals surface area contributed by atoms with Gasteiger partial charge in [-0.1, -0.05) is 6.42 Å². The van der Waals surface area contributed by atoms with E-state index in [1.54, 1.807) is 14.2 Å². The first-order chi connectivity index (χ1) is 13.8. The zero-order chi connectivity index (χ0) is 19.1. The molecule has 1 saturated carbocycles. The number of hydrogen-bond acceptors (Lipinski definition) is 5. The maximum Gasteiger partial charge on any atom is 0.162 e. The molecule has 28 heavy (non-hydrogen) atoms. The molecule has 1 aromatic heterocycles. The highest BCUT2D eigenvalue weighted by atomic mass is 16.5. The second-order valence-electron chi connectivity index (χ2n) is 8.55. The molecule has 5 nitrogen and oxygen atoms in total. The molecule has 150 valence electrons. The number of methoxy groups -OCH3 is 2. The molecular weight excluding hydrogens is 350 g/mol. The largest absolute Gasteiger partial charge is 0.493 e. The molecule has 5 heteroatoms. The normalized spacial score (nSPS) is 22.7. The van der Waals surface area contributed by atoms with Crippen LogP contribution in [0.25, 0.3) is 10.9 Å². The van der Waals surface area contributed by atoms with Crippen LogP contribution in [0.3, 0.4) is 0 Å². The molecule has 0 spiro atoms. The second-order valence-corrected chi connectivity index (χ2v) is 8.55. The molecule has 2 aromatic rings. The Labute approximate surface area is 167 Å². The highest BCUT2D eigenvalue weighted by Gasteiger charge is 2.30. The van der Waals surface area contributed by atoms with Crippen molar-refractivity contribution in [3.8, 4) is 11.5 Å². The van der Waals surface area contributed by atoms with E-state index in [0.717, 1.165) is 42.4 Å². The molecule has 1 aliphatic heterocycles. The van der Waals surface area contributed by atoms with Crippen LogP contribution in [-0.4, -0.2) is 49.3 Å². The van der Waals surface area contributed by atoms with Crippen LogP contribution in [-0.2, 0) is 12.8 Å². The molecule has 5 rings (SSSR count). The monoisotopic (exact) mass is 381 g/mol. The Balaban J connectivity index is 1.52. The lowest BCUT2D eigenvalue weighted by molar-refractivity contribution is 0.0991. The number of rotatable bonds is 5. The predicted octanol–water partition coefficient (Wildman–Crippen LogP) is 4.17. The summed E-state index contributed by atoms with van der Waals surface area (Å²) in [5.74, 6) is 1.53. The zero-order valence-electron chi connectivity index (χ0n) is 17.1. The number of anilines is 1. The summed E-state index contributed by atoms with van der Waals surface area (Å²) in [5.41, 5.74) is 4.97. The molecule has 3 aliphatic rings. The van der Waals surface area contributed by atoms with Crippen molar-refractivity contribution in [2.75, 3.05) is 32.6 Å². The molecule has 2 aliphatic carbocycles. The molecule has 1 aromatic carbocycles. The van der Waals surface area contributed by atoms with Crippen molar-refractivity contribution >= 4 is 16.6 Å². The summed E-state index contributed by atoms with van der Waals surface area (Å²) < 4.78 is 11.1. The van der Waals surface area contributed by atoms with Gasteiger partial charge in [-0.05, 0) is 63.1 Å². The van der Waals surface area contributed by atoms with E-state index in [1.807, 2.05) is 6.07 Å². The van der Waals surface area contributed by atoms with Gasteiger partial charge in [0.2, 0.25) is 0 Å². The van der Waals surface area contributed by atoms with Crippen molar-refractivity contribution in [1.29, 1.82) is 0 Å². The second kappa shape index (κ2) is 7.43. The van der Waals surface area contributed by atoms with Gasteiger partial charge in [-0.3, -0.25) is 9.88 Å². The van der Waals surface area contributed by atoms with E-state index >= 15 is 0 Å². The maximum atomic E-state index is 5.59. The summed E-state index contributed by atoms with van der Waals surface area (Å²) in [5, 5.41) is 5.13. The van der Waals surface area contributed by atoms with Crippen LogP contribution >= 0.6 is 0 Å². The van der Waals surface area contributed by atoms with Crippen LogP contribution in [0.1, 0.15) is 49.8 Å². The van der Waals surface area contributed by atoms with Gasteiger partial charge in [0.05, 0.1) is 19.7 Å². The van der Waals surface area contributed by atoms with Gasteiger partial charge in [-0.25, -0.2) is 0 Å². The quantitative estimate of drug-likeness (QED) is 0.842. The van der Waals surface area contributed by atoms with Gasteiger partial charge in [0, 0.05) is 41.5 Å². The van der Waals surface area contributed by atoms with E-state index in [-0.39, 0.29) is 0 Å². The van der Waals surface area contributed by atoms with E-state index in [4.69, 9.17) is 14.5 Å². The number of aryl methyl sites for hydroxylation is 1. The van der Waals surface area contributed by atoms with Crippen molar-refractivity contribution < 1.29 is 9.47 Å². The van der Waals surface area contributed by atoms with Crippen LogP contribution < -0.4 is 14.8 Å². The summed E-state index contributed by atoms with van der Waals surface area (Å²) in [4.78, 5) is 7.69. The molecule has 2 fully saturated rings. The van der Waals surface area contributed by atoms with E-state index in [0.29, 0.717) is 6.04 Å². The first kappa shape index (κ1) is 18.0. The number of nitrogens with zero attached hydrogens (tertiary/aromatic N) is 2. The van der Waals surface area contributed by atoms with Crippen LogP contribution in [0.15, 0.2) is 12.1 Å². The average molecular weight is 382 g/mol. The highest BCUT2D eigenvalue weighted by Crippen LogP contribution is 2.40. The SMILES string of the molecule is COc1cc2nc3c(c(N[C@@H]4CCCN(C5CCC5)C4)c2cc1OC)CCC3. The van der Waals surface area contributed by atoms with E-state index < -0.39 is 0 Å². The third kappa shape index (κ3) is 3.10. The van der Waals surface area contributed by atoms with Crippen LogP contribution in [0, 0.1) is 0 Å². The summed E-state index contributed by atoms with van der Waals surface area (Å²) in [7, 11) is 3.39. The van der Waals surface area contributed by atoms with Gasteiger partial charge in [0.1, 0.15) is 0 Å². The number of pyridine rings is 1. The minimum atomic E-state index is 0.512. The van der Waals surface area contributed by atoms with E-state index in [9.17, 15) is 0 Å². The fraction of sp³-hybridized carbons (Fsp3) is 0.609. The van der Waals surface area contributed by atoms with E-state index in [2.05, 4.69) is 16.3 Å². The lowest BCUT2D eigenvalue weighted by Crippen LogP contribution is -2.49. The Hall–Kier alpha value is -2.01. The molecule has 1 N–H and O–H groups in total. The minimum Gasteiger partial charge on any atom is -0.493 e. The Morgan fingerprint density at radius 2 is 1.82 bits per heavy atom. The molecule has 0 amide bonds. The van der Waals surface area contributed by atoms with Gasteiger partial charge < -0.3 is 14.8 Å². The van der Waals surface area contributed by atoms with Crippen molar-refractivity contribution in [2.45, 2.75) is 63.5 Å².